The highest BCUT2D eigenvalue weighted by Crippen LogP contribution is 2.36. The van der Waals surface area contributed by atoms with Crippen LogP contribution in [0.3, 0.4) is 0 Å². The van der Waals surface area contributed by atoms with Crippen molar-refractivity contribution < 1.29 is 14.3 Å². The topological polar surface area (TPSA) is 99.3 Å². The van der Waals surface area contributed by atoms with Gasteiger partial charge in [0.05, 0.1) is 0 Å². The quantitative estimate of drug-likeness (QED) is 0.694. The summed E-state index contributed by atoms with van der Waals surface area (Å²) in [7, 11) is 1.82. The Bertz CT molecular complexity index is 939. The highest BCUT2D eigenvalue weighted by Gasteiger charge is 2.30. The Balaban J connectivity index is 1.36. The van der Waals surface area contributed by atoms with Crippen LogP contribution in [0.25, 0.3) is 0 Å². The Labute approximate surface area is 176 Å². The zero-order valence-electron chi connectivity index (χ0n) is 17.7. The first kappa shape index (κ1) is 20.3. The molecule has 1 aliphatic heterocycles. The van der Waals surface area contributed by atoms with Crippen LogP contribution in [0.4, 0.5) is 22.0 Å². The van der Waals surface area contributed by atoms with Crippen molar-refractivity contribution in [2.45, 2.75) is 64.0 Å². The van der Waals surface area contributed by atoms with Gasteiger partial charge in [-0.2, -0.15) is 5.10 Å². The van der Waals surface area contributed by atoms with Gasteiger partial charge in [0, 0.05) is 48.6 Å². The first-order chi connectivity index (χ1) is 14.4. The average Bonchev–Trinajstić information content (AvgIpc) is 3.33. The number of nitrogens with one attached hydrogen (secondary N) is 3. The number of carbonyl (C=O) groups excluding carboxylic acids is 2. The molecule has 8 heteroatoms. The molecule has 0 radical (unpaired) electrons. The Morgan fingerprint density at radius 2 is 2.10 bits per heavy atom. The fraction of sp³-hybridized carbons (Fsp3) is 0.500. The molecule has 30 heavy (non-hydrogen) atoms. The van der Waals surface area contributed by atoms with Crippen molar-refractivity contribution >= 4 is 29.2 Å². The van der Waals surface area contributed by atoms with Gasteiger partial charge in [-0.05, 0) is 63.3 Å². The van der Waals surface area contributed by atoms with Crippen molar-refractivity contribution in [3.8, 4) is 0 Å². The van der Waals surface area contributed by atoms with E-state index < -0.39 is 0 Å². The standard InChI is InChI=1S/C22H29N5O3/c1-13(2)23-22(29)30-17-7-4-14(11-17)18-12-20(26-25-18)24-16-6-8-19-15(10-16)5-9-21(28)27(19)3/h6,8,10,12-14,17H,4-5,7,9,11H2,1-3H3,(H,23,29)(H2,24,25,26)/t14-,17+/m0/s1. The van der Waals surface area contributed by atoms with E-state index >= 15 is 0 Å². The highest BCUT2D eigenvalue weighted by molar-refractivity contribution is 5.96. The molecule has 1 fully saturated rings. The van der Waals surface area contributed by atoms with Crippen molar-refractivity contribution in [3.63, 3.8) is 0 Å². The smallest absolute Gasteiger partial charge is 0.407 e. The Kier molecular flexibility index (Phi) is 5.65. The summed E-state index contributed by atoms with van der Waals surface area (Å²) in [5, 5.41) is 13.6. The summed E-state index contributed by atoms with van der Waals surface area (Å²) in [4.78, 5) is 25.4. The van der Waals surface area contributed by atoms with Gasteiger partial charge in [0.2, 0.25) is 5.91 Å². The molecule has 2 atom stereocenters. The number of amides is 2. The van der Waals surface area contributed by atoms with E-state index in [1.165, 1.54) is 0 Å². The number of hydrogen-bond donors (Lipinski definition) is 3. The number of ether oxygens (including phenoxy) is 1. The van der Waals surface area contributed by atoms with Gasteiger partial charge in [0.15, 0.2) is 5.82 Å². The Morgan fingerprint density at radius 3 is 2.90 bits per heavy atom. The molecule has 0 spiro atoms. The molecule has 2 amide bonds. The van der Waals surface area contributed by atoms with E-state index in [4.69, 9.17) is 4.74 Å². The number of aryl methyl sites for hydroxylation is 1. The predicted molar refractivity (Wildman–Crippen MR) is 115 cm³/mol. The third kappa shape index (κ3) is 4.42. The molecule has 2 aliphatic rings. The van der Waals surface area contributed by atoms with Crippen LogP contribution in [-0.2, 0) is 16.0 Å². The molecule has 1 aromatic carbocycles. The second-order valence-electron chi connectivity index (χ2n) is 8.47. The molecule has 3 N–H and O–H groups in total. The van der Waals surface area contributed by atoms with E-state index in [9.17, 15) is 9.59 Å². The van der Waals surface area contributed by atoms with Crippen molar-refractivity contribution in [1.29, 1.82) is 0 Å². The van der Waals surface area contributed by atoms with Gasteiger partial charge in [-0.25, -0.2) is 4.79 Å². The molecule has 1 saturated carbocycles. The van der Waals surface area contributed by atoms with Gasteiger partial charge < -0.3 is 20.3 Å². The maximum Gasteiger partial charge on any atom is 0.407 e. The molecule has 8 nitrogen and oxygen atoms in total. The predicted octanol–water partition coefficient (Wildman–Crippen LogP) is 3.83. The zero-order valence-corrected chi connectivity index (χ0v) is 17.7. The summed E-state index contributed by atoms with van der Waals surface area (Å²) in [5.74, 6) is 1.21. The third-order valence-electron chi connectivity index (χ3n) is 5.80. The lowest BCUT2D eigenvalue weighted by molar-refractivity contribution is -0.118. The van der Waals surface area contributed by atoms with Crippen LogP contribution < -0.4 is 15.5 Å². The van der Waals surface area contributed by atoms with E-state index in [2.05, 4.69) is 26.9 Å². The minimum absolute atomic E-state index is 0.0613. The number of alkyl carbamates (subject to hydrolysis) is 1. The molecule has 0 unspecified atom stereocenters. The number of aromatic amines is 1. The molecular weight excluding hydrogens is 382 g/mol. The average molecular weight is 412 g/mol. The summed E-state index contributed by atoms with van der Waals surface area (Å²) < 4.78 is 5.52. The Hall–Kier alpha value is -3.03. The number of anilines is 3. The fourth-order valence-electron chi connectivity index (χ4n) is 4.24. The van der Waals surface area contributed by atoms with Crippen molar-refractivity contribution in [2.24, 2.45) is 0 Å². The summed E-state index contributed by atoms with van der Waals surface area (Å²) in [5.41, 5.74) is 4.13. The van der Waals surface area contributed by atoms with Crippen LogP contribution in [0, 0.1) is 0 Å². The summed E-state index contributed by atoms with van der Waals surface area (Å²) in [6.07, 6.45) is 3.51. The molecule has 2 aromatic rings. The van der Waals surface area contributed by atoms with Crippen LogP contribution in [-0.4, -0.2) is 41.4 Å². The molecular formula is C22H29N5O3. The van der Waals surface area contributed by atoms with Gasteiger partial charge in [0.25, 0.3) is 0 Å². The lowest BCUT2D eigenvalue weighted by Crippen LogP contribution is -2.33. The van der Waals surface area contributed by atoms with E-state index in [-0.39, 0.29) is 24.1 Å². The molecule has 160 valence electrons. The normalized spacial score (nSPS) is 20.9. The highest BCUT2D eigenvalue weighted by atomic mass is 16.6. The van der Waals surface area contributed by atoms with E-state index in [1.54, 1.807) is 4.90 Å². The van der Waals surface area contributed by atoms with E-state index in [1.807, 2.05) is 39.1 Å². The van der Waals surface area contributed by atoms with Crippen LogP contribution in [0.15, 0.2) is 24.3 Å². The van der Waals surface area contributed by atoms with Gasteiger partial charge in [-0.3, -0.25) is 9.89 Å². The molecule has 1 aliphatic carbocycles. The number of carbonyl (C=O) groups is 2. The number of nitrogens with zero attached hydrogens (tertiary/aromatic N) is 2. The molecule has 4 rings (SSSR count). The maximum absolute atomic E-state index is 11.9. The summed E-state index contributed by atoms with van der Waals surface area (Å²) in [6.45, 7) is 3.83. The van der Waals surface area contributed by atoms with E-state index in [0.717, 1.165) is 54.1 Å². The van der Waals surface area contributed by atoms with Crippen LogP contribution in [0.2, 0.25) is 0 Å². The molecule has 0 bridgehead atoms. The number of benzene rings is 1. The lowest BCUT2D eigenvalue weighted by Gasteiger charge is -2.26. The molecule has 0 saturated heterocycles. The second kappa shape index (κ2) is 8.38. The van der Waals surface area contributed by atoms with Gasteiger partial charge in [-0.15, -0.1) is 0 Å². The van der Waals surface area contributed by atoms with Gasteiger partial charge >= 0.3 is 6.09 Å². The summed E-state index contributed by atoms with van der Waals surface area (Å²) >= 11 is 0. The van der Waals surface area contributed by atoms with Gasteiger partial charge in [-0.1, -0.05) is 0 Å². The Morgan fingerprint density at radius 1 is 1.27 bits per heavy atom. The van der Waals surface area contributed by atoms with Crippen molar-refractivity contribution in [1.82, 2.24) is 15.5 Å². The minimum Gasteiger partial charge on any atom is -0.446 e. The minimum atomic E-state index is -0.345. The zero-order chi connectivity index (χ0) is 21.3. The number of aromatic nitrogens is 2. The molecule has 2 heterocycles. The monoisotopic (exact) mass is 411 g/mol. The first-order valence-corrected chi connectivity index (χ1v) is 10.6. The largest absolute Gasteiger partial charge is 0.446 e. The number of rotatable bonds is 5. The lowest BCUT2D eigenvalue weighted by atomic mass is 10.0. The van der Waals surface area contributed by atoms with Crippen LogP contribution in [0.5, 0.6) is 0 Å². The van der Waals surface area contributed by atoms with Crippen LogP contribution in [0.1, 0.15) is 56.7 Å². The number of H-pyrrole nitrogens is 1. The maximum atomic E-state index is 11.9. The second-order valence-corrected chi connectivity index (χ2v) is 8.47. The number of fused-ring (bicyclic) bond motifs is 1. The van der Waals surface area contributed by atoms with Crippen molar-refractivity contribution in [3.05, 3.63) is 35.5 Å². The van der Waals surface area contributed by atoms with Gasteiger partial charge in [0.1, 0.15) is 6.10 Å². The number of hydrogen-bond acceptors (Lipinski definition) is 5. The van der Waals surface area contributed by atoms with Crippen molar-refractivity contribution in [2.75, 3.05) is 17.3 Å². The first-order valence-electron chi connectivity index (χ1n) is 10.6. The molecule has 1 aromatic heterocycles. The SMILES string of the molecule is CC(C)NC(=O)O[C@@H]1CC[C@H](c2cc(Nc3ccc4c(c3)CCC(=O)N4C)n[nH]2)C1. The summed E-state index contributed by atoms with van der Waals surface area (Å²) in [6, 6.07) is 8.12. The van der Waals surface area contributed by atoms with E-state index in [0.29, 0.717) is 12.3 Å². The van der Waals surface area contributed by atoms with Crippen LogP contribution >= 0.6 is 0 Å². The third-order valence-corrected chi connectivity index (χ3v) is 5.80. The fourth-order valence-corrected chi connectivity index (χ4v) is 4.24.